The molecular weight excluding hydrogens is 410 g/mol. The summed E-state index contributed by atoms with van der Waals surface area (Å²) in [4.78, 5) is 15.5. The first-order chi connectivity index (χ1) is 15.7. The summed E-state index contributed by atoms with van der Waals surface area (Å²) in [6.07, 6.45) is 11.3. The Kier molecular flexibility index (Phi) is 5.57. The van der Waals surface area contributed by atoms with E-state index in [0.29, 0.717) is 0 Å². The lowest BCUT2D eigenvalue weighted by Gasteiger charge is -2.27. The molecule has 0 unspecified atom stereocenters. The minimum atomic E-state index is 0.0914. The first-order valence-corrected chi connectivity index (χ1v) is 11.5. The molecular formula is C29H23NOS. The number of carbonyl (C=O) groups excluding carboxylic acids is 1. The van der Waals surface area contributed by atoms with E-state index in [9.17, 15) is 4.79 Å². The predicted octanol–water partition coefficient (Wildman–Crippen LogP) is 8.47. The molecule has 1 aliphatic carbocycles. The topological polar surface area (TPSA) is 20.3 Å². The van der Waals surface area contributed by atoms with Gasteiger partial charge in [0, 0.05) is 16.6 Å². The zero-order chi connectivity index (χ0) is 21.9. The van der Waals surface area contributed by atoms with Gasteiger partial charge < -0.3 is 4.90 Å². The minimum absolute atomic E-state index is 0.0914. The summed E-state index contributed by atoms with van der Waals surface area (Å²) in [5, 5.41) is 3.43. The molecule has 0 amide bonds. The van der Waals surface area contributed by atoms with E-state index in [1.54, 1.807) is 18.3 Å². The smallest absolute Gasteiger partial charge is 0.169 e. The van der Waals surface area contributed by atoms with Crippen LogP contribution in [0, 0.1) is 0 Å². The summed E-state index contributed by atoms with van der Waals surface area (Å²) >= 11 is 1.56. The average Bonchev–Trinajstić information content (AvgIpc) is 3.08. The van der Waals surface area contributed by atoms with Gasteiger partial charge in [-0.3, -0.25) is 4.79 Å². The molecule has 1 heterocycles. The van der Waals surface area contributed by atoms with Crippen LogP contribution >= 0.6 is 11.3 Å². The summed E-state index contributed by atoms with van der Waals surface area (Å²) in [7, 11) is 0. The van der Waals surface area contributed by atoms with Crippen molar-refractivity contribution >= 4 is 49.8 Å². The average molecular weight is 434 g/mol. The van der Waals surface area contributed by atoms with E-state index in [2.05, 4.69) is 102 Å². The number of carbonyl (C=O) groups is 1. The van der Waals surface area contributed by atoms with Crippen molar-refractivity contribution in [1.29, 1.82) is 0 Å². The fourth-order valence-electron chi connectivity index (χ4n) is 4.07. The number of hydrogen-bond acceptors (Lipinski definition) is 3. The van der Waals surface area contributed by atoms with E-state index in [1.165, 1.54) is 16.3 Å². The number of anilines is 3. The lowest BCUT2D eigenvalue weighted by atomic mass is 10.0. The predicted molar refractivity (Wildman–Crippen MR) is 137 cm³/mol. The van der Waals surface area contributed by atoms with E-state index in [4.69, 9.17) is 0 Å². The Balaban J connectivity index is 1.80. The van der Waals surface area contributed by atoms with E-state index in [0.717, 1.165) is 33.2 Å². The van der Waals surface area contributed by atoms with Gasteiger partial charge in [-0.15, -0.1) is 11.3 Å². The quantitative estimate of drug-likeness (QED) is 0.294. The number of para-hydroxylation sites is 1. The van der Waals surface area contributed by atoms with Crippen molar-refractivity contribution in [1.82, 2.24) is 0 Å². The lowest BCUT2D eigenvalue weighted by Crippen LogP contribution is -2.10. The first-order valence-electron chi connectivity index (χ1n) is 10.7. The van der Waals surface area contributed by atoms with Gasteiger partial charge in [-0.1, -0.05) is 85.0 Å². The number of fused-ring (bicyclic) bond motifs is 1. The largest absolute Gasteiger partial charge is 0.301 e. The molecule has 0 aliphatic heterocycles. The Morgan fingerprint density at radius 3 is 2.50 bits per heavy atom. The van der Waals surface area contributed by atoms with Gasteiger partial charge >= 0.3 is 0 Å². The van der Waals surface area contributed by atoms with E-state index in [1.807, 2.05) is 12.1 Å². The third kappa shape index (κ3) is 3.83. The molecule has 0 spiro atoms. The molecule has 156 valence electrons. The molecule has 0 saturated carbocycles. The summed E-state index contributed by atoms with van der Waals surface area (Å²) < 4.78 is 0. The second-order valence-electron chi connectivity index (χ2n) is 7.76. The highest BCUT2D eigenvalue weighted by Crippen LogP contribution is 2.47. The molecule has 32 heavy (non-hydrogen) atoms. The summed E-state index contributed by atoms with van der Waals surface area (Å²) in [6.45, 7) is 1.64. The molecule has 5 rings (SSSR count). The molecule has 0 bridgehead atoms. The Bertz CT molecular complexity index is 1370. The normalized spacial score (nSPS) is 13.1. The number of rotatable bonds is 5. The number of thiophene rings is 1. The van der Waals surface area contributed by atoms with Gasteiger partial charge in [0.1, 0.15) is 5.00 Å². The van der Waals surface area contributed by atoms with Crippen LogP contribution in [-0.2, 0) is 0 Å². The van der Waals surface area contributed by atoms with E-state index in [-0.39, 0.29) is 5.78 Å². The van der Waals surface area contributed by atoms with Gasteiger partial charge in [0.15, 0.2) is 5.78 Å². The molecule has 3 heteroatoms. The standard InChI is InChI=1S/C29H23NOS/c1-21(31)28-20-26(23-12-5-2-3-6-13-23)29(32-28)30(24-16-7-4-8-17-24)27-19-11-15-22-14-9-10-18-25(22)27/h2-12,14-20H,13H2,1H3. The Morgan fingerprint density at radius 1 is 0.875 bits per heavy atom. The van der Waals surface area contributed by atoms with E-state index < -0.39 is 0 Å². The minimum Gasteiger partial charge on any atom is -0.301 e. The van der Waals surface area contributed by atoms with Crippen LogP contribution in [0.3, 0.4) is 0 Å². The second kappa shape index (κ2) is 8.81. The number of allylic oxidation sites excluding steroid dienone is 6. The number of hydrogen-bond donors (Lipinski definition) is 0. The van der Waals surface area contributed by atoms with Crippen LogP contribution in [0.1, 0.15) is 28.6 Å². The SMILES string of the molecule is CC(=O)c1cc(C2=CC=CC=CC2)c(N(c2ccccc2)c2cccc3ccccc23)s1. The maximum Gasteiger partial charge on any atom is 0.169 e. The van der Waals surface area contributed by atoms with Crippen LogP contribution in [-0.4, -0.2) is 5.78 Å². The van der Waals surface area contributed by atoms with Crippen LogP contribution in [0.5, 0.6) is 0 Å². The summed E-state index contributed by atoms with van der Waals surface area (Å²) in [5.74, 6) is 0.0914. The summed E-state index contributed by atoms with van der Waals surface area (Å²) in [5.41, 5.74) is 4.48. The molecule has 0 N–H and O–H groups in total. The van der Waals surface area contributed by atoms with Crippen LogP contribution in [0.15, 0.2) is 109 Å². The highest BCUT2D eigenvalue weighted by molar-refractivity contribution is 7.18. The second-order valence-corrected chi connectivity index (χ2v) is 8.79. The highest BCUT2D eigenvalue weighted by Gasteiger charge is 2.23. The Hall–Kier alpha value is -3.69. The molecule has 0 saturated heterocycles. The van der Waals surface area contributed by atoms with Gasteiger partial charge in [-0.05, 0) is 48.6 Å². The van der Waals surface area contributed by atoms with Gasteiger partial charge in [0.05, 0.1) is 10.6 Å². The van der Waals surface area contributed by atoms with E-state index >= 15 is 0 Å². The number of ketones is 1. The Morgan fingerprint density at radius 2 is 1.66 bits per heavy atom. The molecule has 1 aliphatic rings. The number of Topliss-reactive ketones (excluding diaryl/α,β-unsaturated/α-hetero) is 1. The zero-order valence-corrected chi connectivity index (χ0v) is 18.7. The third-order valence-electron chi connectivity index (χ3n) is 5.62. The summed E-state index contributed by atoms with van der Waals surface area (Å²) in [6, 6.07) is 27.3. The van der Waals surface area contributed by atoms with Gasteiger partial charge in [-0.25, -0.2) is 0 Å². The van der Waals surface area contributed by atoms with Crippen LogP contribution in [0.4, 0.5) is 16.4 Å². The number of nitrogens with zero attached hydrogens (tertiary/aromatic N) is 1. The monoisotopic (exact) mass is 433 g/mol. The lowest BCUT2D eigenvalue weighted by molar-refractivity contribution is 0.102. The zero-order valence-electron chi connectivity index (χ0n) is 17.9. The molecule has 0 radical (unpaired) electrons. The van der Waals surface area contributed by atoms with Crippen molar-refractivity contribution < 1.29 is 4.79 Å². The van der Waals surface area contributed by atoms with Gasteiger partial charge in [0.25, 0.3) is 0 Å². The van der Waals surface area contributed by atoms with Crippen molar-refractivity contribution in [2.75, 3.05) is 4.90 Å². The van der Waals surface area contributed by atoms with Gasteiger partial charge in [0.2, 0.25) is 0 Å². The van der Waals surface area contributed by atoms with Crippen molar-refractivity contribution in [2.45, 2.75) is 13.3 Å². The van der Waals surface area contributed by atoms with Crippen LogP contribution in [0.2, 0.25) is 0 Å². The first kappa shape index (κ1) is 20.2. The van der Waals surface area contributed by atoms with Crippen molar-refractivity contribution in [2.24, 2.45) is 0 Å². The third-order valence-corrected chi connectivity index (χ3v) is 6.84. The maximum absolute atomic E-state index is 12.4. The van der Waals surface area contributed by atoms with Gasteiger partial charge in [-0.2, -0.15) is 0 Å². The highest BCUT2D eigenvalue weighted by atomic mass is 32.1. The molecule has 2 nitrogen and oxygen atoms in total. The molecule has 3 aromatic carbocycles. The molecule has 0 atom stereocenters. The fraction of sp³-hybridized carbons (Fsp3) is 0.0690. The molecule has 4 aromatic rings. The molecule has 1 aromatic heterocycles. The molecule has 0 fully saturated rings. The maximum atomic E-state index is 12.4. The Labute approximate surface area is 192 Å². The van der Waals surface area contributed by atoms with Crippen LogP contribution < -0.4 is 4.90 Å². The number of benzene rings is 3. The van der Waals surface area contributed by atoms with Crippen molar-refractivity contribution in [3.63, 3.8) is 0 Å². The van der Waals surface area contributed by atoms with Crippen LogP contribution in [0.25, 0.3) is 16.3 Å². The fourth-order valence-corrected chi connectivity index (χ4v) is 5.20. The van der Waals surface area contributed by atoms with Crippen molar-refractivity contribution in [3.05, 3.63) is 120 Å². The van der Waals surface area contributed by atoms with Crippen molar-refractivity contribution in [3.8, 4) is 0 Å².